The van der Waals surface area contributed by atoms with Gasteiger partial charge in [-0.15, -0.1) is 11.8 Å². The molecule has 1 N–H and O–H groups in total. The second-order valence-corrected chi connectivity index (χ2v) is 7.81. The quantitative estimate of drug-likeness (QED) is 0.430. The number of benzene rings is 3. The third kappa shape index (κ3) is 3.97. The van der Waals surface area contributed by atoms with E-state index in [1.807, 2.05) is 54.6 Å². The molecule has 0 radical (unpaired) electrons. The van der Waals surface area contributed by atoms with Gasteiger partial charge in [-0.05, 0) is 29.7 Å². The van der Waals surface area contributed by atoms with Gasteiger partial charge in [-0.25, -0.2) is 4.79 Å². The molecule has 1 unspecified atom stereocenters. The summed E-state index contributed by atoms with van der Waals surface area (Å²) in [4.78, 5) is 12.8. The Morgan fingerprint density at radius 3 is 2.14 bits per heavy atom. The first kappa shape index (κ1) is 18.4. The lowest BCUT2D eigenvalue weighted by Gasteiger charge is -2.18. The lowest BCUT2D eigenvalue weighted by Crippen LogP contribution is -2.13. The van der Waals surface area contributed by atoms with Gasteiger partial charge in [0.1, 0.15) is 11.3 Å². The molecule has 3 nitrogen and oxygen atoms in total. The highest BCUT2D eigenvalue weighted by Gasteiger charge is 2.24. The van der Waals surface area contributed by atoms with Crippen LogP contribution in [0, 0.1) is 0 Å². The van der Waals surface area contributed by atoms with Crippen molar-refractivity contribution in [3.8, 4) is 5.75 Å². The average Bonchev–Trinajstić information content (AvgIpc) is 2.73. The molecule has 4 aromatic rings. The first-order valence-corrected chi connectivity index (χ1v) is 10.2. The highest BCUT2D eigenvalue weighted by Crippen LogP contribution is 2.39. The van der Waals surface area contributed by atoms with E-state index in [2.05, 4.69) is 12.1 Å². The molecule has 0 saturated carbocycles. The molecule has 0 fully saturated rings. The SMILES string of the molecule is O=c1oc2ccccc2c(O)c1C(Cc1ccccc1)SCc1ccccc1. The molecule has 0 amide bonds. The van der Waals surface area contributed by atoms with Crippen molar-refractivity contribution in [3.63, 3.8) is 0 Å². The van der Waals surface area contributed by atoms with Crippen molar-refractivity contribution in [2.75, 3.05) is 0 Å². The summed E-state index contributed by atoms with van der Waals surface area (Å²) in [5.74, 6) is 0.762. The molecule has 3 aromatic carbocycles. The van der Waals surface area contributed by atoms with Crippen molar-refractivity contribution in [3.05, 3.63) is 112 Å². The number of fused-ring (bicyclic) bond motifs is 1. The standard InChI is InChI=1S/C24H20O3S/c25-23-19-13-7-8-14-20(19)27-24(26)22(23)21(15-17-9-3-1-4-10-17)28-16-18-11-5-2-6-12-18/h1-14,21,25H,15-16H2. The maximum atomic E-state index is 12.8. The zero-order valence-electron chi connectivity index (χ0n) is 15.2. The van der Waals surface area contributed by atoms with E-state index in [1.165, 1.54) is 5.56 Å². The molecule has 1 atom stereocenters. The van der Waals surface area contributed by atoms with Crippen LogP contribution in [0.25, 0.3) is 11.0 Å². The van der Waals surface area contributed by atoms with Crippen molar-refractivity contribution in [2.24, 2.45) is 0 Å². The largest absolute Gasteiger partial charge is 0.507 e. The van der Waals surface area contributed by atoms with Gasteiger partial charge in [-0.1, -0.05) is 72.8 Å². The third-order valence-corrected chi connectivity index (χ3v) is 6.00. The van der Waals surface area contributed by atoms with Gasteiger partial charge in [0.2, 0.25) is 0 Å². The van der Waals surface area contributed by atoms with Gasteiger partial charge in [0.05, 0.1) is 10.9 Å². The lowest BCUT2D eigenvalue weighted by atomic mass is 10.0. The molecular formula is C24H20O3S. The van der Waals surface area contributed by atoms with Gasteiger partial charge in [-0.2, -0.15) is 0 Å². The van der Waals surface area contributed by atoms with E-state index in [0.29, 0.717) is 23.0 Å². The monoisotopic (exact) mass is 388 g/mol. The molecule has 4 rings (SSSR count). The molecular weight excluding hydrogens is 368 g/mol. The van der Waals surface area contributed by atoms with E-state index >= 15 is 0 Å². The Balaban J connectivity index is 1.74. The van der Waals surface area contributed by atoms with Crippen molar-refractivity contribution >= 4 is 22.7 Å². The Morgan fingerprint density at radius 2 is 1.43 bits per heavy atom. The van der Waals surface area contributed by atoms with E-state index in [4.69, 9.17) is 4.42 Å². The normalized spacial score (nSPS) is 12.1. The molecule has 1 aromatic heterocycles. The minimum absolute atomic E-state index is 0.0216. The van der Waals surface area contributed by atoms with Crippen LogP contribution in [0.15, 0.2) is 94.1 Å². The third-order valence-electron chi connectivity index (χ3n) is 4.70. The summed E-state index contributed by atoms with van der Waals surface area (Å²) in [5.41, 5.74) is 2.55. The van der Waals surface area contributed by atoms with E-state index in [-0.39, 0.29) is 11.0 Å². The zero-order chi connectivity index (χ0) is 19.3. The number of para-hydroxylation sites is 1. The Hall–Kier alpha value is -2.98. The van der Waals surface area contributed by atoms with Gasteiger partial charge in [0.15, 0.2) is 0 Å². The Kier molecular flexibility index (Phi) is 5.49. The summed E-state index contributed by atoms with van der Waals surface area (Å²) in [6.07, 6.45) is 0.634. The maximum Gasteiger partial charge on any atom is 0.344 e. The van der Waals surface area contributed by atoms with Crippen LogP contribution in [0.4, 0.5) is 0 Å². The summed E-state index contributed by atoms with van der Waals surface area (Å²) in [5, 5.41) is 11.2. The molecule has 4 heteroatoms. The summed E-state index contributed by atoms with van der Waals surface area (Å²) < 4.78 is 5.52. The molecule has 0 aliphatic carbocycles. The van der Waals surface area contributed by atoms with Gasteiger partial charge in [0.25, 0.3) is 0 Å². The van der Waals surface area contributed by atoms with E-state index in [0.717, 1.165) is 11.3 Å². The van der Waals surface area contributed by atoms with Crippen LogP contribution in [-0.4, -0.2) is 5.11 Å². The van der Waals surface area contributed by atoms with Crippen molar-refractivity contribution in [1.29, 1.82) is 0 Å². The van der Waals surface area contributed by atoms with Gasteiger partial charge >= 0.3 is 5.63 Å². The molecule has 0 spiro atoms. The highest BCUT2D eigenvalue weighted by molar-refractivity contribution is 7.98. The van der Waals surface area contributed by atoms with Crippen LogP contribution in [0.5, 0.6) is 5.75 Å². The molecule has 0 aliphatic rings. The summed E-state index contributed by atoms with van der Waals surface area (Å²) in [6, 6.07) is 27.2. The minimum Gasteiger partial charge on any atom is -0.507 e. The summed E-state index contributed by atoms with van der Waals surface area (Å²) >= 11 is 1.64. The molecule has 0 aliphatic heterocycles. The van der Waals surface area contributed by atoms with Crippen molar-refractivity contribution in [1.82, 2.24) is 0 Å². The van der Waals surface area contributed by atoms with Gasteiger partial charge in [0, 0.05) is 11.0 Å². The van der Waals surface area contributed by atoms with Gasteiger partial charge in [-0.3, -0.25) is 0 Å². The second kappa shape index (κ2) is 8.36. The first-order chi connectivity index (χ1) is 13.7. The number of aromatic hydroxyl groups is 1. The Labute approximate surface area is 167 Å². The predicted molar refractivity (Wildman–Crippen MR) is 115 cm³/mol. The van der Waals surface area contributed by atoms with E-state index in [1.54, 1.807) is 30.0 Å². The molecule has 1 heterocycles. The topological polar surface area (TPSA) is 50.4 Å². The van der Waals surface area contributed by atoms with Crippen LogP contribution in [-0.2, 0) is 12.2 Å². The van der Waals surface area contributed by atoms with Gasteiger partial charge < -0.3 is 9.52 Å². The highest BCUT2D eigenvalue weighted by atomic mass is 32.2. The smallest absolute Gasteiger partial charge is 0.344 e. The first-order valence-electron chi connectivity index (χ1n) is 9.16. The number of thioether (sulfide) groups is 1. The molecule has 0 bridgehead atoms. The number of hydrogen-bond acceptors (Lipinski definition) is 4. The Bertz CT molecular complexity index is 1120. The maximum absolute atomic E-state index is 12.8. The minimum atomic E-state index is -0.474. The number of rotatable bonds is 6. The lowest BCUT2D eigenvalue weighted by molar-refractivity contribution is 0.455. The second-order valence-electron chi connectivity index (χ2n) is 6.62. The van der Waals surface area contributed by atoms with E-state index < -0.39 is 5.63 Å². The van der Waals surface area contributed by atoms with Crippen molar-refractivity contribution < 1.29 is 9.52 Å². The van der Waals surface area contributed by atoms with Crippen LogP contribution in [0.1, 0.15) is 21.9 Å². The average molecular weight is 388 g/mol. The van der Waals surface area contributed by atoms with Crippen LogP contribution in [0.3, 0.4) is 0 Å². The fourth-order valence-electron chi connectivity index (χ4n) is 3.28. The molecule has 140 valence electrons. The fraction of sp³-hybridized carbons (Fsp3) is 0.125. The Morgan fingerprint density at radius 1 is 0.821 bits per heavy atom. The molecule has 28 heavy (non-hydrogen) atoms. The van der Waals surface area contributed by atoms with Crippen molar-refractivity contribution in [2.45, 2.75) is 17.4 Å². The summed E-state index contributed by atoms with van der Waals surface area (Å²) in [6.45, 7) is 0. The summed E-state index contributed by atoms with van der Waals surface area (Å²) in [7, 11) is 0. The zero-order valence-corrected chi connectivity index (χ0v) is 16.1. The number of hydrogen-bond donors (Lipinski definition) is 1. The predicted octanol–water partition coefficient (Wildman–Crippen LogP) is 5.72. The van der Waals surface area contributed by atoms with Crippen LogP contribution >= 0.6 is 11.8 Å². The van der Waals surface area contributed by atoms with E-state index in [9.17, 15) is 9.90 Å². The van der Waals surface area contributed by atoms with Crippen LogP contribution in [0.2, 0.25) is 0 Å². The fourth-order valence-corrected chi connectivity index (χ4v) is 4.55. The molecule has 0 saturated heterocycles. The van der Waals surface area contributed by atoms with Crippen LogP contribution < -0.4 is 5.63 Å².